The summed E-state index contributed by atoms with van der Waals surface area (Å²) in [5.74, 6) is 0.915. The minimum atomic E-state index is -0.225. The van der Waals surface area contributed by atoms with Crippen LogP contribution >= 0.6 is 11.8 Å². The highest BCUT2D eigenvalue weighted by atomic mass is 32.2. The molecule has 2 aromatic heterocycles. The van der Waals surface area contributed by atoms with Gasteiger partial charge < -0.3 is 4.90 Å². The summed E-state index contributed by atoms with van der Waals surface area (Å²) in [4.78, 5) is 19.3. The van der Waals surface area contributed by atoms with Gasteiger partial charge in [0.15, 0.2) is 11.0 Å². The van der Waals surface area contributed by atoms with Gasteiger partial charge in [0.2, 0.25) is 5.91 Å². The quantitative estimate of drug-likeness (QED) is 0.567. The van der Waals surface area contributed by atoms with Crippen molar-refractivity contribution in [2.24, 2.45) is 0 Å². The number of aromatic nitrogens is 4. The lowest BCUT2D eigenvalue weighted by Gasteiger charge is -2.23. The molecular formula is C23H27N5OS. The number of para-hydroxylation sites is 1. The van der Waals surface area contributed by atoms with Crippen LogP contribution in [0.1, 0.15) is 38.2 Å². The zero-order valence-electron chi connectivity index (χ0n) is 17.5. The Kier molecular flexibility index (Phi) is 6.47. The number of amides is 1. The largest absolute Gasteiger partial charge is 0.342 e. The van der Waals surface area contributed by atoms with Gasteiger partial charge in [-0.25, -0.2) is 0 Å². The summed E-state index contributed by atoms with van der Waals surface area (Å²) in [6, 6.07) is 12.0. The molecule has 0 N–H and O–H groups in total. The first-order valence-electron chi connectivity index (χ1n) is 10.5. The molecule has 0 radical (unpaired) electrons. The molecular weight excluding hydrogens is 394 g/mol. The fourth-order valence-corrected chi connectivity index (χ4v) is 4.76. The molecule has 1 amide bonds. The zero-order valence-corrected chi connectivity index (χ0v) is 18.3. The Labute approximate surface area is 181 Å². The van der Waals surface area contributed by atoms with E-state index in [-0.39, 0.29) is 11.2 Å². The molecule has 30 heavy (non-hydrogen) atoms. The molecule has 3 heterocycles. The van der Waals surface area contributed by atoms with Crippen LogP contribution in [-0.2, 0) is 4.79 Å². The van der Waals surface area contributed by atoms with Crippen LogP contribution in [0.5, 0.6) is 0 Å². The van der Waals surface area contributed by atoms with Crippen LogP contribution in [0.4, 0.5) is 0 Å². The van der Waals surface area contributed by atoms with Crippen molar-refractivity contribution in [3.8, 4) is 17.1 Å². The van der Waals surface area contributed by atoms with E-state index in [4.69, 9.17) is 0 Å². The maximum atomic E-state index is 13.1. The van der Waals surface area contributed by atoms with Crippen molar-refractivity contribution in [3.05, 3.63) is 54.4 Å². The summed E-state index contributed by atoms with van der Waals surface area (Å²) in [6.45, 7) is 5.76. The van der Waals surface area contributed by atoms with Gasteiger partial charge in [-0.15, -0.1) is 10.2 Å². The first kappa shape index (κ1) is 20.6. The summed E-state index contributed by atoms with van der Waals surface area (Å²) in [6.07, 6.45) is 8.14. The minimum absolute atomic E-state index is 0.184. The predicted molar refractivity (Wildman–Crippen MR) is 120 cm³/mol. The smallest absolute Gasteiger partial charge is 0.235 e. The van der Waals surface area contributed by atoms with Gasteiger partial charge in [0.05, 0.1) is 10.9 Å². The van der Waals surface area contributed by atoms with Crippen LogP contribution in [0.3, 0.4) is 0 Å². The van der Waals surface area contributed by atoms with E-state index in [1.54, 1.807) is 12.4 Å². The van der Waals surface area contributed by atoms with Crippen molar-refractivity contribution in [1.82, 2.24) is 24.6 Å². The number of nitrogens with zero attached hydrogens (tertiary/aromatic N) is 5. The lowest BCUT2D eigenvalue weighted by atomic mass is 10.2. The third-order valence-corrected chi connectivity index (χ3v) is 6.49. The summed E-state index contributed by atoms with van der Waals surface area (Å²) < 4.78 is 2.04. The monoisotopic (exact) mass is 421 g/mol. The van der Waals surface area contributed by atoms with Gasteiger partial charge >= 0.3 is 0 Å². The van der Waals surface area contributed by atoms with Gasteiger partial charge in [-0.2, -0.15) is 0 Å². The molecule has 0 saturated carbocycles. The molecule has 7 heteroatoms. The van der Waals surface area contributed by atoms with E-state index < -0.39 is 0 Å². The Morgan fingerprint density at radius 1 is 1.03 bits per heavy atom. The number of carbonyl (C=O) groups is 1. The van der Waals surface area contributed by atoms with Gasteiger partial charge in [0, 0.05) is 31.0 Å². The van der Waals surface area contributed by atoms with Crippen molar-refractivity contribution in [1.29, 1.82) is 0 Å². The molecule has 3 aromatic rings. The highest BCUT2D eigenvalue weighted by molar-refractivity contribution is 8.00. The van der Waals surface area contributed by atoms with Gasteiger partial charge in [0.1, 0.15) is 0 Å². The highest BCUT2D eigenvalue weighted by Gasteiger charge is 2.26. The number of rotatable bonds is 5. The molecule has 156 valence electrons. The van der Waals surface area contributed by atoms with Crippen molar-refractivity contribution in [2.75, 3.05) is 13.1 Å². The van der Waals surface area contributed by atoms with Gasteiger partial charge in [0.25, 0.3) is 0 Å². The molecule has 6 nitrogen and oxygen atoms in total. The van der Waals surface area contributed by atoms with Crippen molar-refractivity contribution < 1.29 is 4.79 Å². The molecule has 1 aliphatic rings. The van der Waals surface area contributed by atoms with Crippen molar-refractivity contribution >= 4 is 17.7 Å². The van der Waals surface area contributed by atoms with E-state index in [0.717, 1.165) is 53.7 Å². The second-order valence-electron chi connectivity index (χ2n) is 7.67. The molecule has 0 bridgehead atoms. The average Bonchev–Trinajstić information content (AvgIpc) is 2.98. The van der Waals surface area contributed by atoms with E-state index >= 15 is 0 Å². The highest BCUT2D eigenvalue weighted by Crippen LogP contribution is 2.31. The van der Waals surface area contributed by atoms with Crippen LogP contribution in [0, 0.1) is 6.92 Å². The van der Waals surface area contributed by atoms with Crippen LogP contribution < -0.4 is 0 Å². The fraction of sp³-hybridized carbons (Fsp3) is 0.391. The first-order chi connectivity index (χ1) is 14.6. The maximum Gasteiger partial charge on any atom is 0.235 e. The maximum absolute atomic E-state index is 13.1. The van der Waals surface area contributed by atoms with Gasteiger partial charge in [-0.1, -0.05) is 42.8 Å². The number of carbonyl (C=O) groups excluding carboxylic acids is 1. The Hall–Kier alpha value is -2.67. The Morgan fingerprint density at radius 2 is 1.80 bits per heavy atom. The lowest BCUT2D eigenvalue weighted by Crippen LogP contribution is -2.37. The summed E-state index contributed by atoms with van der Waals surface area (Å²) >= 11 is 1.48. The van der Waals surface area contributed by atoms with Crippen molar-refractivity contribution in [3.63, 3.8) is 0 Å². The number of pyridine rings is 1. The number of hydrogen-bond acceptors (Lipinski definition) is 5. The molecule has 0 aliphatic carbocycles. The average molecular weight is 422 g/mol. The molecule has 1 saturated heterocycles. The lowest BCUT2D eigenvalue weighted by molar-refractivity contribution is -0.130. The standard InChI is InChI=1S/C23H27N5OS/c1-17-10-5-6-12-20(17)28-21(19-11-9-13-24-16-19)25-26-23(28)30-18(2)22(29)27-14-7-3-4-8-15-27/h5-6,9-13,16,18H,3-4,7-8,14-15H2,1-2H3. The molecule has 1 fully saturated rings. The summed E-state index contributed by atoms with van der Waals surface area (Å²) in [5.41, 5.74) is 3.03. The molecule has 1 atom stereocenters. The second-order valence-corrected chi connectivity index (χ2v) is 8.98. The minimum Gasteiger partial charge on any atom is -0.342 e. The van der Waals surface area contributed by atoms with Crippen LogP contribution in [0.25, 0.3) is 17.1 Å². The van der Waals surface area contributed by atoms with E-state index in [1.807, 2.05) is 40.7 Å². The third-order valence-electron chi connectivity index (χ3n) is 5.46. The summed E-state index contributed by atoms with van der Waals surface area (Å²) in [5, 5.41) is 9.44. The van der Waals surface area contributed by atoms with Crippen LogP contribution in [0.15, 0.2) is 53.9 Å². The SMILES string of the molecule is Cc1ccccc1-n1c(SC(C)C(=O)N2CCCCCC2)nnc1-c1cccnc1. The Morgan fingerprint density at radius 3 is 2.50 bits per heavy atom. The van der Waals surface area contributed by atoms with E-state index in [0.29, 0.717) is 0 Å². The van der Waals surface area contributed by atoms with Gasteiger partial charge in [-0.3, -0.25) is 14.3 Å². The number of benzene rings is 1. The Balaban J connectivity index is 1.67. The molecule has 1 aromatic carbocycles. The van der Waals surface area contributed by atoms with E-state index in [9.17, 15) is 4.79 Å². The van der Waals surface area contributed by atoms with E-state index in [1.165, 1.54) is 24.6 Å². The third kappa shape index (κ3) is 4.41. The predicted octanol–water partition coefficient (Wildman–Crippen LogP) is 4.52. The second kappa shape index (κ2) is 9.43. The molecule has 0 spiro atoms. The number of aryl methyl sites for hydroxylation is 1. The zero-order chi connectivity index (χ0) is 20.9. The molecule has 4 rings (SSSR count). The first-order valence-corrected chi connectivity index (χ1v) is 11.4. The summed E-state index contributed by atoms with van der Waals surface area (Å²) in [7, 11) is 0. The normalized spacial score (nSPS) is 15.6. The number of likely N-dealkylation sites (tertiary alicyclic amines) is 1. The van der Waals surface area contributed by atoms with Crippen LogP contribution in [-0.4, -0.2) is 48.9 Å². The molecule has 1 aliphatic heterocycles. The number of hydrogen-bond donors (Lipinski definition) is 0. The van der Waals surface area contributed by atoms with Crippen LogP contribution in [0.2, 0.25) is 0 Å². The van der Waals surface area contributed by atoms with Gasteiger partial charge in [-0.05, 0) is 50.5 Å². The fourth-order valence-electron chi connectivity index (χ4n) is 3.82. The topological polar surface area (TPSA) is 63.9 Å². The number of thioether (sulfide) groups is 1. The Bertz CT molecular complexity index is 996. The van der Waals surface area contributed by atoms with Crippen molar-refractivity contribution in [2.45, 2.75) is 49.9 Å². The van der Waals surface area contributed by atoms with E-state index in [2.05, 4.69) is 34.2 Å². The molecule has 1 unspecified atom stereocenters.